The third-order valence-electron chi connectivity index (χ3n) is 2.86. The van der Waals surface area contributed by atoms with Gasteiger partial charge in [-0.25, -0.2) is 4.98 Å². The number of fused-ring (bicyclic) bond motifs is 1. The Morgan fingerprint density at radius 1 is 1.30 bits per heavy atom. The van der Waals surface area contributed by atoms with Crippen molar-refractivity contribution in [3.63, 3.8) is 0 Å². The molecular weight excluding hydrogens is 254 g/mol. The number of benzene rings is 1. The maximum Gasteiger partial charge on any atom is 0.254 e. The van der Waals surface area contributed by atoms with Gasteiger partial charge in [0.15, 0.2) is 0 Å². The molecule has 3 rings (SSSR count). The third-order valence-corrected chi connectivity index (χ3v) is 2.86. The molecule has 6 nitrogen and oxygen atoms in total. The molecule has 3 aromatic rings. The molecule has 0 amide bonds. The van der Waals surface area contributed by atoms with E-state index in [1.807, 2.05) is 25.1 Å². The van der Waals surface area contributed by atoms with Gasteiger partial charge in [0.2, 0.25) is 5.88 Å². The topological polar surface area (TPSA) is 78.8 Å². The van der Waals surface area contributed by atoms with Crippen molar-refractivity contribution in [2.24, 2.45) is 0 Å². The number of nitrogens with two attached hydrogens (primary N) is 1. The van der Waals surface area contributed by atoms with Crippen molar-refractivity contribution in [1.29, 1.82) is 0 Å². The predicted octanol–water partition coefficient (Wildman–Crippen LogP) is 2.19. The van der Waals surface area contributed by atoms with Crippen LogP contribution < -0.4 is 10.5 Å². The van der Waals surface area contributed by atoms with Crippen LogP contribution in [-0.2, 0) is 0 Å². The largest absolute Gasteiger partial charge is 0.478 e. The van der Waals surface area contributed by atoms with Crippen molar-refractivity contribution in [2.45, 2.75) is 13.3 Å². The van der Waals surface area contributed by atoms with E-state index in [1.165, 1.54) is 0 Å². The number of anilines is 1. The molecule has 102 valence electrons. The van der Waals surface area contributed by atoms with E-state index in [0.717, 1.165) is 17.3 Å². The first-order valence-electron chi connectivity index (χ1n) is 6.47. The van der Waals surface area contributed by atoms with Gasteiger partial charge in [0.05, 0.1) is 18.3 Å². The average Bonchev–Trinajstić information content (AvgIpc) is 2.88. The Labute approximate surface area is 116 Å². The van der Waals surface area contributed by atoms with Gasteiger partial charge in [-0.2, -0.15) is 14.8 Å². The van der Waals surface area contributed by atoms with Crippen LogP contribution in [0.15, 0.2) is 36.7 Å². The minimum Gasteiger partial charge on any atom is -0.478 e. The van der Waals surface area contributed by atoms with Gasteiger partial charge in [-0.3, -0.25) is 0 Å². The van der Waals surface area contributed by atoms with Crippen LogP contribution in [0.25, 0.3) is 16.9 Å². The van der Waals surface area contributed by atoms with E-state index in [-0.39, 0.29) is 0 Å². The lowest BCUT2D eigenvalue weighted by molar-refractivity contribution is 0.304. The molecule has 0 fully saturated rings. The first-order chi connectivity index (χ1) is 9.78. The van der Waals surface area contributed by atoms with E-state index in [1.54, 1.807) is 23.1 Å². The molecule has 0 aliphatic carbocycles. The fourth-order valence-electron chi connectivity index (χ4n) is 1.92. The summed E-state index contributed by atoms with van der Waals surface area (Å²) in [7, 11) is 0. The summed E-state index contributed by atoms with van der Waals surface area (Å²) < 4.78 is 7.17. The smallest absolute Gasteiger partial charge is 0.254 e. The molecule has 0 radical (unpaired) electrons. The van der Waals surface area contributed by atoms with Crippen LogP contribution in [0.1, 0.15) is 13.3 Å². The van der Waals surface area contributed by atoms with Gasteiger partial charge in [0.1, 0.15) is 0 Å². The van der Waals surface area contributed by atoms with Crippen LogP contribution in [0.3, 0.4) is 0 Å². The highest BCUT2D eigenvalue weighted by Gasteiger charge is 2.08. The normalized spacial score (nSPS) is 10.8. The third kappa shape index (κ3) is 2.27. The quantitative estimate of drug-likeness (QED) is 0.734. The maximum atomic E-state index is 5.82. The van der Waals surface area contributed by atoms with E-state index in [2.05, 4.69) is 15.1 Å². The fraction of sp³-hybridized carbons (Fsp3) is 0.214. The van der Waals surface area contributed by atoms with Gasteiger partial charge in [-0.15, -0.1) is 0 Å². The van der Waals surface area contributed by atoms with E-state index < -0.39 is 0 Å². The lowest BCUT2D eigenvalue weighted by Crippen LogP contribution is -2.05. The van der Waals surface area contributed by atoms with Crippen molar-refractivity contribution in [2.75, 3.05) is 12.3 Å². The molecule has 6 heteroatoms. The van der Waals surface area contributed by atoms with E-state index in [0.29, 0.717) is 24.1 Å². The molecule has 20 heavy (non-hydrogen) atoms. The zero-order valence-corrected chi connectivity index (χ0v) is 11.2. The summed E-state index contributed by atoms with van der Waals surface area (Å²) >= 11 is 0. The van der Waals surface area contributed by atoms with Crippen molar-refractivity contribution in [3.05, 3.63) is 36.7 Å². The van der Waals surface area contributed by atoms with Crippen molar-refractivity contribution in [3.8, 4) is 11.8 Å². The Bertz CT molecular complexity index is 737. The van der Waals surface area contributed by atoms with E-state index in [9.17, 15) is 0 Å². The van der Waals surface area contributed by atoms with Crippen LogP contribution in [0.4, 0.5) is 5.69 Å². The summed E-state index contributed by atoms with van der Waals surface area (Å²) in [6.45, 7) is 2.68. The minimum atomic E-state index is 0.471. The zero-order valence-electron chi connectivity index (χ0n) is 11.2. The van der Waals surface area contributed by atoms with E-state index >= 15 is 0 Å². The first kappa shape index (κ1) is 12.4. The number of ether oxygens (including phenoxy) is 1. The molecular formula is C14H15N5O. The summed E-state index contributed by atoms with van der Waals surface area (Å²) in [5, 5.41) is 5.30. The number of rotatable bonds is 4. The molecule has 2 heterocycles. The Morgan fingerprint density at radius 3 is 3.05 bits per heavy atom. The maximum absolute atomic E-state index is 5.82. The second-order valence-corrected chi connectivity index (χ2v) is 4.42. The summed E-state index contributed by atoms with van der Waals surface area (Å²) in [4.78, 5) is 8.60. The van der Waals surface area contributed by atoms with Crippen LogP contribution >= 0.6 is 0 Å². The number of hydrogen-bond acceptors (Lipinski definition) is 5. The number of nitrogens with zero attached hydrogens (tertiary/aromatic N) is 4. The van der Waals surface area contributed by atoms with Gasteiger partial charge in [-0.05, 0) is 24.6 Å². The Balaban J connectivity index is 2.04. The zero-order chi connectivity index (χ0) is 13.9. The standard InChI is InChI=1S/C14H15N5O/c1-2-7-20-13-5-6-16-14(18-13)19-12-8-11(15)4-3-10(12)9-17-19/h3-6,8-9H,2,7,15H2,1H3. The number of hydrogen-bond donors (Lipinski definition) is 1. The molecule has 0 saturated carbocycles. The molecule has 2 aromatic heterocycles. The second kappa shape index (κ2) is 5.16. The van der Waals surface area contributed by atoms with Gasteiger partial charge in [-0.1, -0.05) is 6.92 Å². The monoisotopic (exact) mass is 269 g/mol. The van der Waals surface area contributed by atoms with Gasteiger partial charge in [0.25, 0.3) is 5.95 Å². The molecule has 1 aromatic carbocycles. The Hall–Kier alpha value is -2.63. The van der Waals surface area contributed by atoms with Crippen LogP contribution in [0, 0.1) is 0 Å². The molecule has 0 aliphatic rings. The molecule has 0 atom stereocenters. The van der Waals surface area contributed by atoms with E-state index in [4.69, 9.17) is 10.5 Å². The molecule has 0 spiro atoms. The van der Waals surface area contributed by atoms with Crippen molar-refractivity contribution in [1.82, 2.24) is 19.7 Å². The van der Waals surface area contributed by atoms with Gasteiger partial charge < -0.3 is 10.5 Å². The highest BCUT2D eigenvalue weighted by molar-refractivity contribution is 5.82. The summed E-state index contributed by atoms with van der Waals surface area (Å²) in [5.41, 5.74) is 7.37. The lowest BCUT2D eigenvalue weighted by atomic mass is 10.2. The van der Waals surface area contributed by atoms with Crippen LogP contribution in [0.2, 0.25) is 0 Å². The molecule has 2 N–H and O–H groups in total. The first-order valence-corrected chi connectivity index (χ1v) is 6.47. The van der Waals surface area contributed by atoms with Gasteiger partial charge in [0, 0.05) is 23.3 Å². The molecule has 0 saturated heterocycles. The van der Waals surface area contributed by atoms with Crippen molar-refractivity contribution >= 4 is 16.6 Å². The minimum absolute atomic E-state index is 0.471. The second-order valence-electron chi connectivity index (χ2n) is 4.42. The Morgan fingerprint density at radius 2 is 2.20 bits per heavy atom. The van der Waals surface area contributed by atoms with Crippen molar-refractivity contribution < 1.29 is 4.74 Å². The lowest BCUT2D eigenvalue weighted by Gasteiger charge is -2.06. The summed E-state index contributed by atoms with van der Waals surface area (Å²) in [5.74, 6) is 1.02. The highest BCUT2D eigenvalue weighted by atomic mass is 16.5. The SMILES string of the molecule is CCCOc1ccnc(-n2ncc3ccc(N)cc32)n1. The summed E-state index contributed by atoms with van der Waals surface area (Å²) in [6, 6.07) is 7.35. The number of aromatic nitrogens is 4. The number of nitrogen functional groups attached to an aromatic ring is 1. The fourth-order valence-corrected chi connectivity index (χ4v) is 1.92. The van der Waals surface area contributed by atoms with Crippen LogP contribution in [0.5, 0.6) is 5.88 Å². The molecule has 0 aliphatic heterocycles. The Kier molecular flexibility index (Phi) is 3.20. The van der Waals surface area contributed by atoms with Crippen LogP contribution in [-0.4, -0.2) is 26.4 Å². The molecule has 0 bridgehead atoms. The average molecular weight is 269 g/mol. The van der Waals surface area contributed by atoms with Gasteiger partial charge >= 0.3 is 0 Å². The summed E-state index contributed by atoms with van der Waals surface area (Å²) in [6.07, 6.45) is 4.35. The molecule has 0 unspecified atom stereocenters. The predicted molar refractivity (Wildman–Crippen MR) is 76.9 cm³/mol. The highest BCUT2D eigenvalue weighted by Crippen LogP contribution is 2.19.